The van der Waals surface area contributed by atoms with E-state index in [4.69, 9.17) is 11.0 Å². The van der Waals surface area contributed by atoms with Gasteiger partial charge in [-0.15, -0.1) is 0 Å². The van der Waals surface area contributed by atoms with E-state index in [0.717, 1.165) is 5.56 Å². The van der Waals surface area contributed by atoms with Crippen LogP contribution in [0.2, 0.25) is 0 Å². The normalized spacial score (nSPS) is 15.7. The smallest absolute Gasteiger partial charge is 0.293 e. The maximum absolute atomic E-state index is 12.0. The van der Waals surface area contributed by atoms with Crippen molar-refractivity contribution in [1.82, 2.24) is 4.90 Å². The zero-order valence-electron chi connectivity index (χ0n) is 14.6. The summed E-state index contributed by atoms with van der Waals surface area (Å²) in [6.45, 7) is 2.12. The van der Waals surface area contributed by atoms with Crippen LogP contribution in [-0.4, -0.2) is 41.9 Å². The predicted octanol–water partition coefficient (Wildman–Crippen LogP) is 1.82. The van der Waals surface area contributed by atoms with Crippen molar-refractivity contribution in [2.75, 3.05) is 31.1 Å². The van der Waals surface area contributed by atoms with E-state index in [1.54, 1.807) is 12.1 Å². The summed E-state index contributed by atoms with van der Waals surface area (Å²) in [7, 11) is 0. The number of nitro benzene ring substituents is 1. The van der Waals surface area contributed by atoms with Crippen LogP contribution < -0.4 is 10.6 Å². The molecule has 27 heavy (non-hydrogen) atoms. The quantitative estimate of drug-likeness (QED) is 0.638. The number of benzene rings is 2. The van der Waals surface area contributed by atoms with Gasteiger partial charge in [-0.25, -0.2) is 0 Å². The fourth-order valence-electron chi connectivity index (χ4n) is 3.42. The number of nitrogens with two attached hydrogens (primary N) is 1. The first-order chi connectivity index (χ1) is 13.0. The first-order valence-corrected chi connectivity index (χ1v) is 8.53. The molecular formula is C19H19N5O3. The van der Waals surface area contributed by atoms with Gasteiger partial charge in [0.05, 0.1) is 16.6 Å². The van der Waals surface area contributed by atoms with E-state index < -0.39 is 16.9 Å². The van der Waals surface area contributed by atoms with Crippen molar-refractivity contribution in [2.45, 2.75) is 6.04 Å². The summed E-state index contributed by atoms with van der Waals surface area (Å²) in [5.74, 6) is -0.418. The minimum Gasteiger partial charge on any atom is -0.368 e. The third-order valence-electron chi connectivity index (χ3n) is 4.71. The fourth-order valence-corrected chi connectivity index (χ4v) is 3.42. The highest BCUT2D eigenvalue weighted by molar-refractivity contribution is 5.81. The number of hydrogen-bond acceptors (Lipinski definition) is 6. The lowest BCUT2D eigenvalue weighted by Crippen LogP contribution is -2.50. The maximum Gasteiger partial charge on any atom is 0.293 e. The number of anilines is 1. The molecule has 0 aliphatic carbocycles. The fraction of sp³-hybridized carbons (Fsp3) is 0.263. The molecule has 1 atom stereocenters. The molecule has 1 aliphatic rings. The molecule has 1 heterocycles. The second kappa shape index (κ2) is 7.85. The van der Waals surface area contributed by atoms with Gasteiger partial charge in [0.15, 0.2) is 0 Å². The molecule has 8 heteroatoms. The lowest BCUT2D eigenvalue weighted by Gasteiger charge is -2.39. The summed E-state index contributed by atoms with van der Waals surface area (Å²) in [5, 5.41) is 20.3. The summed E-state index contributed by atoms with van der Waals surface area (Å²) in [4.78, 5) is 26.8. The molecule has 0 bridgehead atoms. The topological polar surface area (TPSA) is 117 Å². The van der Waals surface area contributed by atoms with E-state index in [9.17, 15) is 14.9 Å². The zero-order valence-corrected chi connectivity index (χ0v) is 14.6. The molecule has 0 saturated carbocycles. The molecule has 2 N–H and O–H groups in total. The number of nitrogens with zero attached hydrogens (tertiary/aromatic N) is 4. The highest BCUT2D eigenvalue weighted by atomic mass is 16.6. The van der Waals surface area contributed by atoms with Gasteiger partial charge in [-0.05, 0) is 17.7 Å². The summed E-state index contributed by atoms with van der Waals surface area (Å²) < 4.78 is 0. The summed E-state index contributed by atoms with van der Waals surface area (Å²) >= 11 is 0. The molecule has 2 aromatic rings. The average Bonchev–Trinajstić information content (AvgIpc) is 2.69. The standard InChI is InChI=1S/C19H19N5O3/c20-13-14-6-7-16(17(12-14)24(26)27)22-8-10-23(11-9-22)18(19(21)25)15-4-2-1-3-5-15/h1-7,12,18H,8-11H2,(H2,21,25)/t18-/m0/s1. The summed E-state index contributed by atoms with van der Waals surface area (Å²) in [6.07, 6.45) is 0. The third kappa shape index (κ3) is 3.88. The van der Waals surface area contributed by atoms with Gasteiger partial charge in [0.25, 0.3) is 5.69 Å². The second-order valence-electron chi connectivity index (χ2n) is 6.31. The van der Waals surface area contributed by atoms with Crippen molar-refractivity contribution >= 4 is 17.3 Å². The highest BCUT2D eigenvalue weighted by Crippen LogP contribution is 2.31. The van der Waals surface area contributed by atoms with Crippen LogP contribution in [0.25, 0.3) is 0 Å². The minimum absolute atomic E-state index is 0.0861. The van der Waals surface area contributed by atoms with Crippen LogP contribution in [0.15, 0.2) is 48.5 Å². The lowest BCUT2D eigenvalue weighted by atomic mass is 10.0. The lowest BCUT2D eigenvalue weighted by molar-refractivity contribution is -0.384. The Morgan fingerprint density at radius 3 is 2.37 bits per heavy atom. The van der Waals surface area contributed by atoms with Crippen LogP contribution in [0.5, 0.6) is 0 Å². The molecule has 2 aromatic carbocycles. The van der Waals surface area contributed by atoms with Crippen LogP contribution in [-0.2, 0) is 4.79 Å². The summed E-state index contributed by atoms with van der Waals surface area (Å²) in [6, 6.07) is 15.2. The van der Waals surface area contributed by atoms with Crippen LogP contribution in [0, 0.1) is 21.4 Å². The van der Waals surface area contributed by atoms with Gasteiger partial charge in [-0.3, -0.25) is 19.8 Å². The molecule has 1 aliphatic heterocycles. The number of amides is 1. The molecule has 1 fully saturated rings. The molecule has 0 spiro atoms. The highest BCUT2D eigenvalue weighted by Gasteiger charge is 2.30. The third-order valence-corrected chi connectivity index (χ3v) is 4.71. The van der Waals surface area contributed by atoms with Crippen LogP contribution in [0.4, 0.5) is 11.4 Å². The van der Waals surface area contributed by atoms with Gasteiger partial charge in [-0.1, -0.05) is 30.3 Å². The number of hydrogen-bond donors (Lipinski definition) is 1. The minimum atomic E-state index is -0.524. The number of rotatable bonds is 5. The van der Waals surface area contributed by atoms with Gasteiger partial charge in [-0.2, -0.15) is 5.26 Å². The Morgan fingerprint density at radius 1 is 1.15 bits per heavy atom. The second-order valence-corrected chi connectivity index (χ2v) is 6.31. The maximum atomic E-state index is 12.0. The molecule has 8 nitrogen and oxygen atoms in total. The van der Waals surface area contributed by atoms with Crippen LogP contribution in [0.3, 0.4) is 0 Å². The van der Waals surface area contributed by atoms with E-state index in [2.05, 4.69) is 0 Å². The van der Waals surface area contributed by atoms with Gasteiger partial charge >= 0.3 is 0 Å². The molecule has 0 unspecified atom stereocenters. The van der Waals surface area contributed by atoms with Crippen molar-refractivity contribution < 1.29 is 9.72 Å². The first kappa shape index (κ1) is 18.4. The van der Waals surface area contributed by atoms with Crippen LogP contribution >= 0.6 is 0 Å². The SMILES string of the molecule is N#Cc1ccc(N2CCN([C@H](C(N)=O)c3ccccc3)CC2)c([N+](=O)[O-])c1. The number of nitriles is 1. The Balaban J connectivity index is 1.78. The number of nitro groups is 1. The van der Waals surface area contributed by atoms with E-state index in [1.165, 1.54) is 6.07 Å². The zero-order chi connectivity index (χ0) is 19.4. The van der Waals surface area contributed by atoms with E-state index in [0.29, 0.717) is 31.9 Å². The largest absolute Gasteiger partial charge is 0.368 e. The Bertz CT molecular complexity index is 886. The van der Waals surface area contributed by atoms with Crippen molar-refractivity contribution in [3.63, 3.8) is 0 Å². The summed E-state index contributed by atoms with van der Waals surface area (Å²) in [5.41, 5.74) is 7.11. The Morgan fingerprint density at radius 2 is 1.81 bits per heavy atom. The van der Waals surface area contributed by atoms with Crippen LogP contribution in [0.1, 0.15) is 17.2 Å². The van der Waals surface area contributed by atoms with E-state index >= 15 is 0 Å². The van der Waals surface area contributed by atoms with Crippen molar-refractivity contribution in [3.8, 4) is 6.07 Å². The molecule has 0 radical (unpaired) electrons. The molecule has 1 amide bonds. The molecule has 138 valence electrons. The predicted molar refractivity (Wildman–Crippen MR) is 100.0 cm³/mol. The van der Waals surface area contributed by atoms with E-state index in [-0.39, 0.29) is 11.3 Å². The molecule has 1 saturated heterocycles. The van der Waals surface area contributed by atoms with Crippen molar-refractivity contribution in [3.05, 3.63) is 69.8 Å². The van der Waals surface area contributed by atoms with Crippen molar-refractivity contribution in [2.24, 2.45) is 5.73 Å². The van der Waals surface area contributed by atoms with Crippen molar-refractivity contribution in [1.29, 1.82) is 5.26 Å². The number of primary amides is 1. The monoisotopic (exact) mass is 365 g/mol. The Kier molecular flexibility index (Phi) is 5.33. The molecular weight excluding hydrogens is 346 g/mol. The molecule has 3 rings (SSSR count). The first-order valence-electron chi connectivity index (χ1n) is 8.53. The van der Waals surface area contributed by atoms with Gasteiger partial charge < -0.3 is 10.6 Å². The number of carbonyl (C=O) groups is 1. The van der Waals surface area contributed by atoms with E-state index in [1.807, 2.05) is 46.2 Å². The number of carbonyl (C=O) groups excluding carboxylic acids is 1. The van der Waals surface area contributed by atoms with Gasteiger partial charge in [0, 0.05) is 32.2 Å². The Hall–Kier alpha value is -3.44. The average molecular weight is 365 g/mol. The molecule has 0 aromatic heterocycles. The number of piperazine rings is 1. The Labute approximate surface area is 156 Å². The van der Waals surface area contributed by atoms with Gasteiger partial charge in [0.1, 0.15) is 11.7 Å². The van der Waals surface area contributed by atoms with Gasteiger partial charge in [0.2, 0.25) is 5.91 Å².